The predicted octanol–water partition coefficient (Wildman–Crippen LogP) is 1.66. The molecule has 0 spiro atoms. The van der Waals surface area contributed by atoms with Crippen LogP contribution < -0.4 is 28.3 Å². The van der Waals surface area contributed by atoms with Crippen molar-refractivity contribution in [1.29, 1.82) is 0 Å². The first-order valence-electron chi connectivity index (χ1n) is 10.0. The Bertz CT molecular complexity index is 1000. The van der Waals surface area contributed by atoms with E-state index in [2.05, 4.69) is 10.3 Å². The Kier molecular flexibility index (Phi) is 10.2. The van der Waals surface area contributed by atoms with Gasteiger partial charge in [0.25, 0.3) is 5.91 Å². The van der Waals surface area contributed by atoms with Gasteiger partial charge in [0.05, 0.1) is 6.04 Å². The van der Waals surface area contributed by atoms with Crippen molar-refractivity contribution in [3.8, 4) is 0 Å². The monoisotopic (exact) mass is 497 g/mol. The Morgan fingerprint density at radius 3 is 2.21 bits per heavy atom. The molecular formula is C21H29Cl2N7O3. The number of carbonyl (C=O) groups excluding carboxylic acids is 3. The first kappa shape index (κ1) is 27.8. The van der Waals surface area contributed by atoms with Crippen molar-refractivity contribution in [2.24, 2.45) is 27.9 Å². The lowest BCUT2D eigenvalue weighted by molar-refractivity contribution is -0.117. The summed E-state index contributed by atoms with van der Waals surface area (Å²) in [6.45, 7) is 3.45. The summed E-state index contributed by atoms with van der Waals surface area (Å²) in [5.74, 6) is -1.19. The molecule has 10 nitrogen and oxygen atoms in total. The topological polar surface area (TPSA) is 183 Å². The fourth-order valence-corrected chi connectivity index (χ4v) is 3.31. The number of hydrogen-bond donors (Lipinski definition) is 5. The second-order valence-electron chi connectivity index (χ2n) is 7.32. The zero-order valence-corrected chi connectivity index (χ0v) is 20.0. The Hall–Kier alpha value is -3.24. The summed E-state index contributed by atoms with van der Waals surface area (Å²) in [5, 5.41) is 2.48. The van der Waals surface area contributed by atoms with E-state index in [1.54, 1.807) is 24.3 Å². The summed E-state index contributed by atoms with van der Waals surface area (Å²) in [6.07, 6.45) is 1.83. The second-order valence-corrected chi connectivity index (χ2v) is 7.70. The molecular weight excluding hydrogens is 469 g/mol. The van der Waals surface area contributed by atoms with E-state index >= 15 is 0 Å². The van der Waals surface area contributed by atoms with Crippen LogP contribution in [0, 0.1) is 0 Å². The number of aliphatic imine (C=N–C) groups is 1. The van der Waals surface area contributed by atoms with Crippen LogP contribution in [0.5, 0.6) is 0 Å². The Balaban J connectivity index is 0.00000544. The van der Waals surface area contributed by atoms with Gasteiger partial charge in [-0.3, -0.25) is 9.59 Å². The van der Waals surface area contributed by atoms with E-state index in [1.165, 1.54) is 6.92 Å². The van der Waals surface area contributed by atoms with E-state index in [-0.39, 0.29) is 71.3 Å². The zero-order valence-electron chi connectivity index (χ0n) is 18.4. The van der Waals surface area contributed by atoms with Crippen molar-refractivity contribution < 1.29 is 14.4 Å². The molecule has 1 aromatic carbocycles. The molecule has 1 heterocycles. The summed E-state index contributed by atoms with van der Waals surface area (Å²) in [6, 6.07) is 6.60. The first-order chi connectivity index (χ1) is 15.1. The molecule has 0 saturated carbocycles. The average Bonchev–Trinajstić information content (AvgIpc) is 2.74. The molecule has 1 aliphatic rings. The van der Waals surface area contributed by atoms with E-state index in [9.17, 15) is 14.4 Å². The van der Waals surface area contributed by atoms with Gasteiger partial charge in [-0.05, 0) is 18.9 Å². The fraction of sp³-hybridized carbons (Fsp3) is 0.333. The number of benzene rings is 1. The lowest BCUT2D eigenvalue weighted by atomic mass is 9.99. The Morgan fingerprint density at radius 2 is 1.70 bits per heavy atom. The molecule has 180 valence electrons. The van der Waals surface area contributed by atoms with Gasteiger partial charge in [-0.2, -0.15) is 0 Å². The van der Waals surface area contributed by atoms with E-state index in [4.69, 9.17) is 34.5 Å². The molecule has 0 aromatic heterocycles. The maximum Gasteiger partial charge on any atom is 0.268 e. The number of carbonyl (C=O) groups is 3. The van der Waals surface area contributed by atoms with Crippen molar-refractivity contribution in [3.63, 3.8) is 0 Å². The number of ketones is 2. The first-order valence-corrected chi connectivity index (χ1v) is 10.4. The van der Waals surface area contributed by atoms with Gasteiger partial charge in [0, 0.05) is 18.4 Å². The summed E-state index contributed by atoms with van der Waals surface area (Å²) in [5.41, 5.74) is 24.7. The van der Waals surface area contributed by atoms with Gasteiger partial charge in [0.2, 0.25) is 5.96 Å². The highest BCUT2D eigenvalue weighted by Crippen LogP contribution is 2.26. The van der Waals surface area contributed by atoms with Crippen molar-refractivity contribution in [3.05, 3.63) is 57.9 Å². The second kappa shape index (κ2) is 12.1. The maximum absolute atomic E-state index is 12.2. The highest BCUT2D eigenvalue weighted by molar-refractivity contribution is 6.30. The molecule has 12 heteroatoms. The van der Waals surface area contributed by atoms with Crippen LogP contribution in [0.1, 0.15) is 61.5 Å². The highest BCUT2D eigenvalue weighted by Gasteiger charge is 2.29. The number of guanidine groups is 1. The summed E-state index contributed by atoms with van der Waals surface area (Å²) < 4.78 is 0. The summed E-state index contributed by atoms with van der Waals surface area (Å²) >= 11 is 6.06. The molecule has 0 aliphatic carbocycles. The molecule has 9 N–H and O–H groups in total. The Labute approximate surface area is 203 Å². The number of amides is 1. The SMILES string of the molecule is CCCC(N=C(N)N1C(N)=C(Cl)NC(C(N)=O)=C1N)c1ccc(C(=O)CCC(C)=O)cc1.Cl. The number of nitrogens with one attached hydrogen (secondary N) is 1. The average molecular weight is 498 g/mol. The van der Waals surface area contributed by atoms with E-state index in [0.29, 0.717) is 12.0 Å². The molecule has 1 amide bonds. The third-order valence-electron chi connectivity index (χ3n) is 4.84. The minimum atomic E-state index is -0.832. The molecule has 1 unspecified atom stereocenters. The quantitative estimate of drug-likeness (QED) is 0.147. The smallest absolute Gasteiger partial charge is 0.268 e. The van der Waals surface area contributed by atoms with E-state index in [0.717, 1.165) is 16.9 Å². The molecule has 0 radical (unpaired) electrons. The highest BCUT2D eigenvalue weighted by atomic mass is 35.5. The van der Waals surface area contributed by atoms with Crippen molar-refractivity contribution in [1.82, 2.24) is 10.2 Å². The number of nitrogens with zero attached hydrogens (tertiary/aromatic N) is 2. The van der Waals surface area contributed by atoms with Crippen LogP contribution in [-0.2, 0) is 9.59 Å². The van der Waals surface area contributed by atoms with E-state index < -0.39 is 5.91 Å². The molecule has 0 saturated heterocycles. The third-order valence-corrected chi connectivity index (χ3v) is 5.13. The van der Waals surface area contributed by atoms with E-state index in [1.807, 2.05) is 6.92 Å². The summed E-state index contributed by atoms with van der Waals surface area (Å²) in [4.78, 5) is 40.7. The van der Waals surface area contributed by atoms with Crippen LogP contribution in [0.3, 0.4) is 0 Å². The van der Waals surface area contributed by atoms with Crippen LogP contribution >= 0.6 is 24.0 Å². The van der Waals surface area contributed by atoms with Crippen LogP contribution in [0.2, 0.25) is 0 Å². The minimum Gasteiger partial charge on any atom is -0.383 e. The predicted molar refractivity (Wildman–Crippen MR) is 130 cm³/mol. The van der Waals surface area contributed by atoms with Crippen molar-refractivity contribution in [2.45, 2.75) is 45.6 Å². The maximum atomic E-state index is 12.2. The molecule has 1 atom stereocenters. The van der Waals surface area contributed by atoms with Gasteiger partial charge >= 0.3 is 0 Å². The number of primary amides is 1. The number of halogens is 2. The zero-order chi connectivity index (χ0) is 24.0. The fourth-order valence-electron chi connectivity index (χ4n) is 3.13. The number of Topliss-reactive ketones (excluding diaryl/α,β-unsaturated/α-hetero) is 2. The van der Waals surface area contributed by atoms with Gasteiger partial charge in [-0.1, -0.05) is 49.2 Å². The normalized spacial score (nSPS) is 15.0. The van der Waals surface area contributed by atoms with Crippen molar-refractivity contribution >= 4 is 47.4 Å². The molecule has 2 rings (SSSR count). The number of hydrogen-bond acceptors (Lipinski definition) is 7. The molecule has 33 heavy (non-hydrogen) atoms. The van der Waals surface area contributed by atoms with Gasteiger partial charge < -0.3 is 33.0 Å². The molecule has 1 aliphatic heterocycles. The standard InChI is InChI=1S/C21H28ClN7O3.ClH/c1-3-4-14(12-6-8-13(9-7-12)15(31)10-5-11(2)30)27-21(26)29-18(23)16(20(25)32)28-17(22)19(29)24;/h6-9,14,28H,3-5,10,23-24H2,1-2H3,(H2,25,32)(H2,26,27);1H. The van der Waals surface area contributed by atoms with Crippen molar-refractivity contribution in [2.75, 3.05) is 0 Å². The number of rotatable bonds is 9. The number of nitrogens with two attached hydrogens (primary N) is 4. The Morgan fingerprint density at radius 1 is 1.09 bits per heavy atom. The molecule has 0 bridgehead atoms. The van der Waals surface area contributed by atoms with Gasteiger partial charge in [0.1, 0.15) is 28.3 Å². The molecule has 0 fully saturated rings. The lowest BCUT2D eigenvalue weighted by Gasteiger charge is -2.31. The largest absolute Gasteiger partial charge is 0.383 e. The van der Waals surface area contributed by atoms with Gasteiger partial charge in [0.15, 0.2) is 5.78 Å². The minimum absolute atomic E-state index is 0. The summed E-state index contributed by atoms with van der Waals surface area (Å²) in [7, 11) is 0. The van der Waals surface area contributed by atoms with Crippen LogP contribution in [-0.4, -0.2) is 28.3 Å². The van der Waals surface area contributed by atoms with Gasteiger partial charge in [-0.15, -0.1) is 12.4 Å². The van der Waals surface area contributed by atoms with Crippen LogP contribution in [0.25, 0.3) is 0 Å². The van der Waals surface area contributed by atoms with Crippen LogP contribution in [0.4, 0.5) is 0 Å². The van der Waals surface area contributed by atoms with Crippen LogP contribution in [0.15, 0.2) is 51.8 Å². The third kappa shape index (κ3) is 6.87. The van der Waals surface area contributed by atoms with Gasteiger partial charge in [-0.25, -0.2) is 9.89 Å². The molecule has 1 aromatic rings. The lowest BCUT2D eigenvalue weighted by Crippen LogP contribution is -2.49.